The van der Waals surface area contributed by atoms with Crippen LogP contribution in [-0.4, -0.2) is 29.3 Å². The fourth-order valence-electron chi connectivity index (χ4n) is 2.81. The summed E-state index contributed by atoms with van der Waals surface area (Å²) in [7, 11) is 0. The van der Waals surface area contributed by atoms with Crippen LogP contribution in [0.1, 0.15) is 36.9 Å². The molecular formula is C13H20N4. The van der Waals surface area contributed by atoms with Gasteiger partial charge >= 0.3 is 0 Å². The molecule has 1 aliphatic heterocycles. The minimum Gasteiger partial charge on any atom is -0.354 e. The molecule has 0 radical (unpaired) electrons. The van der Waals surface area contributed by atoms with E-state index in [-0.39, 0.29) is 0 Å². The van der Waals surface area contributed by atoms with Gasteiger partial charge in [-0.2, -0.15) is 5.10 Å². The largest absolute Gasteiger partial charge is 0.354 e. The summed E-state index contributed by atoms with van der Waals surface area (Å²) in [6, 6.07) is 2.54. The van der Waals surface area contributed by atoms with Gasteiger partial charge in [0.25, 0.3) is 0 Å². The van der Waals surface area contributed by atoms with Crippen LogP contribution in [-0.2, 0) is 12.8 Å². The van der Waals surface area contributed by atoms with Crippen LogP contribution in [0, 0.1) is 0 Å². The van der Waals surface area contributed by atoms with Gasteiger partial charge in [0.1, 0.15) is 0 Å². The Morgan fingerprint density at radius 3 is 2.88 bits per heavy atom. The molecule has 92 valence electrons. The van der Waals surface area contributed by atoms with Crippen molar-refractivity contribution in [2.75, 3.05) is 18.0 Å². The number of aryl methyl sites for hydroxylation is 2. The fraction of sp³-hybridized carbons (Fsp3) is 0.692. The normalized spacial score (nSPS) is 24.5. The first-order valence-electron chi connectivity index (χ1n) is 6.69. The number of hydrogen-bond acceptors (Lipinski definition) is 4. The molecular weight excluding hydrogens is 212 g/mol. The lowest BCUT2D eigenvalue weighted by molar-refractivity contribution is 0.706. The van der Waals surface area contributed by atoms with Crippen LogP contribution in [0.3, 0.4) is 0 Å². The number of anilines is 1. The first-order chi connectivity index (χ1) is 8.33. The number of hydrogen-bond donors (Lipinski definition) is 1. The number of nitrogens with two attached hydrogens (primary N) is 1. The van der Waals surface area contributed by atoms with E-state index < -0.39 is 0 Å². The second-order valence-electron chi connectivity index (χ2n) is 5.23. The van der Waals surface area contributed by atoms with E-state index in [2.05, 4.69) is 21.2 Å². The molecule has 0 saturated carbocycles. The van der Waals surface area contributed by atoms with Gasteiger partial charge in [-0.05, 0) is 43.7 Å². The molecule has 0 bridgehead atoms. The van der Waals surface area contributed by atoms with E-state index in [4.69, 9.17) is 5.73 Å². The maximum Gasteiger partial charge on any atom is 0.151 e. The highest BCUT2D eigenvalue weighted by Gasteiger charge is 2.21. The molecule has 1 saturated heterocycles. The lowest BCUT2D eigenvalue weighted by Crippen LogP contribution is -2.27. The number of aromatic nitrogens is 2. The van der Waals surface area contributed by atoms with E-state index in [0.29, 0.717) is 6.04 Å². The van der Waals surface area contributed by atoms with Crippen molar-refractivity contribution in [1.29, 1.82) is 0 Å². The maximum atomic E-state index is 5.94. The zero-order valence-corrected chi connectivity index (χ0v) is 10.2. The lowest BCUT2D eigenvalue weighted by Gasteiger charge is -2.17. The Kier molecular flexibility index (Phi) is 2.97. The smallest absolute Gasteiger partial charge is 0.151 e. The van der Waals surface area contributed by atoms with Crippen molar-refractivity contribution in [3.63, 3.8) is 0 Å². The fourth-order valence-corrected chi connectivity index (χ4v) is 2.81. The van der Waals surface area contributed by atoms with Crippen LogP contribution < -0.4 is 10.6 Å². The van der Waals surface area contributed by atoms with Crippen molar-refractivity contribution >= 4 is 5.82 Å². The highest BCUT2D eigenvalue weighted by molar-refractivity contribution is 5.43. The molecule has 1 aromatic heterocycles. The standard InChI is InChI=1S/C13H20N4/c14-11-6-7-17(9-11)13-8-10-4-2-1-3-5-12(10)15-16-13/h8,11H,1-7,9,14H2/t11-/m1/s1. The van der Waals surface area contributed by atoms with E-state index in [1.807, 2.05) is 0 Å². The van der Waals surface area contributed by atoms with Crippen molar-refractivity contribution in [1.82, 2.24) is 10.2 Å². The van der Waals surface area contributed by atoms with Crippen molar-refractivity contribution in [3.8, 4) is 0 Å². The van der Waals surface area contributed by atoms with E-state index in [1.165, 1.54) is 30.5 Å². The number of rotatable bonds is 1. The summed E-state index contributed by atoms with van der Waals surface area (Å²) in [6.45, 7) is 1.95. The second-order valence-corrected chi connectivity index (χ2v) is 5.23. The molecule has 0 aromatic carbocycles. The summed E-state index contributed by atoms with van der Waals surface area (Å²) in [5.74, 6) is 1.03. The quantitative estimate of drug-likeness (QED) is 0.741. The van der Waals surface area contributed by atoms with Gasteiger partial charge in [-0.15, -0.1) is 5.10 Å². The van der Waals surface area contributed by atoms with Gasteiger partial charge < -0.3 is 10.6 Å². The molecule has 0 unspecified atom stereocenters. The first kappa shape index (κ1) is 11.0. The average molecular weight is 232 g/mol. The summed E-state index contributed by atoms with van der Waals surface area (Å²) in [6.07, 6.45) is 7.20. The second kappa shape index (κ2) is 4.61. The third-order valence-corrected chi connectivity index (χ3v) is 3.86. The highest BCUT2D eigenvalue weighted by atomic mass is 15.3. The summed E-state index contributed by atoms with van der Waals surface area (Å²) in [5.41, 5.74) is 8.56. The summed E-state index contributed by atoms with van der Waals surface area (Å²) in [5, 5.41) is 8.79. The summed E-state index contributed by atoms with van der Waals surface area (Å²) < 4.78 is 0. The molecule has 3 rings (SSSR count). The first-order valence-corrected chi connectivity index (χ1v) is 6.69. The molecule has 1 atom stereocenters. The number of fused-ring (bicyclic) bond motifs is 1. The lowest BCUT2D eigenvalue weighted by atomic mass is 10.1. The van der Waals surface area contributed by atoms with Gasteiger partial charge in [0.2, 0.25) is 0 Å². The van der Waals surface area contributed by atoms with E-state index in [9.17, 15) is 0 Å². The van der Waals surface area contributed by atoms with Gasteiger partial charge in [0, 0.05) is 19.1 Å². The Bertz CT molecular complexity index is 404. The third kappa shape index (κ3) is 2.27. The maximum absolute atomic E-state index is 5.94. The monoisotopic (exact) mass is 232 g/mol. The van der Waals surface area contributed by atoms with Crippen molar-refractivity contribution in [3.05, 3.63) is 17.3 Å². The van der Waals surface area contributed by atoms with Gasteiger partial charge in [0.05, 0.1) is 5.69 Å². The molecule has 0 spiro atoms. The van der Waals surface area contributed by atoms with Crippen molar-refractivity contribution in [2.24, 2.45) is 5.73 Å². The molecule has 2 aliphatic rings. The molecule has 2 heterocycles. The van der Waals surface area contributed by atoms with Crippen LogP contribution in [0.25, 0.3) is 0 Å². The van der Waals surface area contributed by atoms with Crippen molar-refractivity contribution < 1.29 is 0 Å². The minimum absolute atomic E-state index is 0.301. The zero-order valence-electron chi connectivity index (χ0n) is 10.2. The van der Waals surface area contributed by atoms with E-state index in [0.717, 1.165) is 38.2 Å². The van der Waals surface area contributed by atoms with Gasteiger partial charge in [-0.3, -0.25) is 0 Å². The van der Waals surface area contributed by atoms with Crippen LogP contribution >= 0.6 is 0 Å². The molecule has 4 heteroatoms. The number of nitrogens with zero attached hydrogens (tertiary/aromatic N) is 3. The van der Waals surface area contributed by atoms with E-state index >= 15 is 0 Å². The van der Waals surface area contributed by atoms with Crippen LogP contribution in [0.4, 0.5) is 5.82 Å². The molecule has 2 N–H and O–H groups in total. The third-order valence-electron chi connectivity index (χ3n) is 3.86. The molecule has 1 aliphatic carbocycles. The SMILES string of the molecule is N[C@@H]1CCN(c2cc3c(nn2)CCCCC3)C1. The van der Waals surface area contributed by atoms with Crippen LogP contribution in [0.2, 0.25) is 0 Å². The Labute approximate surface area is 102 Å². The predicted octanol–water partition coefficient (Wildman–Crippen LogP) is 1.28. The van der Waals surface area contributed by atoms with Crippen LogP contribution in [0.5, 0.6) is 0 Å². The van der Waals surface area contributed by atoms with Crippen molar-refractivity contribution in [2.45, 2.75) is 44.6 Å². The predicted molar refractivity (Wildman–Crippen MR) is 68.1 cm³/mol. The van der Waals surface area contributed by atoms with E-state index in [1.54, 1.807) is 0 Å². The molecule has 1 fully saturated rings. The van der Waals surface area contributed by atoms with Crippen LogP contribution in [0.15, 0.2) is 6.07 Å². The summed E-state index contributed by atoms with van der Waals surface area (Å²) >= 11 is 0. The molecule has 0 amide bonds. The molecule has 4 nitrogen and oxygen atoms in total. The molecule has 1 aromatic rings. The Balaban J connectivity index is 1.84. The Hall–Kier alpha value is -1.16. The van der Waals surface area contributed by atoms with Gasteiger partial charge in [-0.25, -0.2) is 0 Å². The minimum atomic E-state index is 0.301. The Morgan fingerprint density at radius 2 is 2.06 bits per heavy atom. The zero-order chi connectivity index (χ0) is 11.7. The summed E-state index contributed by atoms with van der Waals surface area (Å²) in [4.78, 5) is 2.27. The molecule has 17 heavy (non-hydrogen) atoms. The van der Waals surface area contributed by atoms with Gasteiger partial charge in [0.15, 0.2) is 5.82 Å². The Morgan fingerprint density at radius 1 is 1.18 bits per heavy atom. The highest BCUT2D eigenvalue weighted by Crippen LogP contribution is 2.23. The average Bonchev–Trinajstić information content (AvgIpc) is 2.64. The van der Waals surface area contributed by atoms with Gasteiger partial charge in [-0.1, -0.05) is 6.42 Å². The topological polar surface area (TPSA) is 55.0 Å².